The Morgan fingerprint density at radius 1 is 1.16 bits per heavy atom. The summed E-state index contributed by atoms with van der Waals surface area (Å²) in [6, 6.07) is 9.50. The molecule has 1 saturated heterocycles. The average molecular weight is 432 g/mol. The van der Waals surface area contributed by atoms with Gasteiger partial charge >= 0.3 is 5.97 Å². The van der Waals surface area contributed by atoms with Crippen molar-refractivity contribution in [2.45, 2.75) is 37.8 Å². The van der Waals surface area contributed by atoms with E-state index in [4.69, 9.17) is 9.90 Å². The van der Waals surface area contributed by atoms with E-state index in [9.17, 15) is 24.2 Å². The molecule has 1 saturated carbocycles. The van der Waals surface area contributed by atoms with Crippen molar-refractivity contribution in [1.29, 1.82) is 0 Å². The van der Waals surface area contributed by atoms with E-state index in [0.717, 1.165) is 12.8 Å². The highest BCUT2D eigenvalue weighted by Crippen LogP contribution is 2.38. The van der Waals surface area contributed by atoms with Gasteiger partial charge in [0.15, 0.2) is 0 Å². The zero-order chi connectivity index (χ0) is 22.6. The Balaban J connectivity index is 0.000000858. The summed E-state index contributed by atoms with van der Waals surface area (Å²) >= 11 is 0. The van der Waals surface area contributed by atoms with E-state index < -0.39 is 23.3 Å². The van der Waals surface area contributed by atoms with Crippen molar-refractivity contribution < 1.29 is 34.1 Å². The summed E-state index contributed by atoms with van der Waals surface area (Å²) < 4.78 is 15.2. The van der Waals surface area contributed by atoms with Crippen molar-refractivity contribution in [2.75, 3.05) is 13.1 Å². The highest BCUT2D eigenvalue weighted by molar-refractivity contribution is 5.93. The van der Waals surface area contributed by atoms with Gasteiger partial charge in [0.2, 0.25) is 0 Å². The molecule has 8 nitrogen and oxygen atoms in total. The van der Waals surface area contributed by atoms with Gasteiger partial charge in [-0.1, -0.05) is 12.1 Å². The van der Waals surface area contributed by atoms with E-state index >= 15 is 0 Å². The molecule has 0 bridgehead atoms. The highest BCUT2D eigenvalue weighted by Gasteiger charge is 2.50. The number of piperidine rings is 1. The normalized spacial score (nSPS) is 22.9. The minimum Gasteiger partial charge on any atom is -0.483 e. The van der Waals surface area contributed by atoms with Crippen LogP contribution in [0.1, 0.15) is 41.4 Å². The van der Waals surface area contributed by atoms with Crippen LogP contribution >= 0.6 is 0 Å². The second-order valence-corrected chi connectivity index (χ2v) is 7.93. The monoisotopic (exact) mass is 432 g/mol. The SMILES string of the molecule is O=C(c1cccn1C1CC1)N1CC[C@H](O)[C@](Cc2ccc(F)cc2)(C(=O)O)C1.O=CO. The fraction of sp³-hybridized carbons (Fsp3) is 0.409. The number of benzene rings is 1. The predicted molar refractivity (Wildman–Crippen MR) is 108 cm³/mol. The summed E-state index contributed by atoms with van der Waals surface area (Å²) in [5.41, 5.74) is -0.360. The second-order valence-electron chi connectivity index (χ2n) is 7.93. The molecule has 31 heavy (non-hydrogen) atoms. The molecule has 2 atom stereocenters. The number of amides is 1. The molecule has 3 N–H and O–H groups in total. The third-order valence-corrected chi connectivity index (χ3v) is 5.87. The molecule has 1 amide bonds. The summed E-state index contributed by atoms with van der Waals surface area (Å²) in [6.07, 6.45) is 3.08. The maximum atomic E-state index is 13.2. The predicted octanol–water partition coefficient (Wildman–Crippen LogP) is 2.18. The summed E-state index contributed by atoms with van der Waals surface area (Å²) in [5, 5.41) is 27.5. The van der Waals surface area contributed by atoms with E-state index in [0.29, 0.717) is 23.8 Å². The fourth-order valence-corrected chi connectivity index (χ4v) is 4.09. The summed E-state index contributed by atoms with van der Waals surface area (Å²) in [4.78, 5) is 35.2. The van der Waals surface area contributed by atoms with Crippen molar-refractivity contribution in [1.82, 2.24) is 9.47 Å². The molecule has 0 spiro atoms. The number of aromatic nitrogens is 1. The van der Waals surface area contributed by atoms with E-state index in [1.165, 1.54) is 29.2 Å². The fourth-order valence-electron chi connectivity index (χ4n) is 4.09. The van der Waals surface area contributed by atoms with Gasteiger partial charge in [0.1, 0.15) is 16.9 Å². The van der Waals surface area contributed by atoms with Crippen molar-refractivity contribution >= 4 is 18.3 Å². The number of hydrogen-bond acceptors (Lipinski definition) is 4. The Hall–Kier alpha value is -3.20. The zero-order valence-corrected chi connectivity index (χ0v) is 16.9. The number of likely N-dealkylation sites (tertiary alicyclic amines) is 1. The lowest BCUT2D eigenvalue weighted by Crippen LogP contribution is -2.58. The van der Waals surface area contributed by atoms with Crippen LogP contribution in [-0.2, 0) is 16.0 Å². The maximum absolute atomic E-state index is 13.2. The number of aliphatic hydroxyl groups excluding tert-OH is 1. The molecule has 0 radical (unpaired) electrons. The first kappa shape index (κ1) is 22.5. The van der Waals surface area contributed by atoms with Crippen molar-refractivity contribution in [3.63, 3.8) is 0 Å². The van der Waals surface area contributed by atoms with Gasteiger partial charge in [0.25, 0.3) is 12.4 Å². The van der Waals surface area contributed by atoms with Crippen LogP contribution in [0.25, 0.3) is 0 Å². The quantitative estimate of drug-likeness (QED) is 0.623. The highest BCUT2D eigenvalue weighted by atomic mass is 19.1. The summed E-state index contributed by atoms with van der Waals surface area (Å²) in [5.74, 6) is -1.78. The van der Waals surface area contributed by atoms with Crippen LogP contribution in [0.3, 0.4) is 0 Å². The first-order valence-electron chi connectivity index (χ1n) is 10.0. The van der Waals surface area contributed by atoms with Gasteiger partial charge in [-0.25, -0.2) is 4.39 Å². The van der Waals surface area contributed by atoms with E-state index in [1.807, 2.05) is 16.8 Å². The molecule has 2 aliphatic rings. The number of aliphatic carboxylic acids is 1. The van der Waals surface area contributed by atoms with E-state index in [2.05, 4.69) is 0 Å². The summed E-state index contributed by atoms with van der Waals surface area (Å²) in [7, 11) is 0. The second kappa shape index (κ2) is 9.30. The minimum atomic E-state index is -1.53. The minimum absolute atomic E-state index is 0.0250. The van der Waals surface area contributed by atoms with Crippen LogP contribution in [-0.4, -0.2) is 62.3 Å². The van der Waals surface area contributed by atoms with Crippen molar-refractivity contribution in [3.8, 4) is 0 Å². The molecule has 2 aromatic rings. The molecule has 1 aromatic heterocycles. The topological polar surface area (TPSA) is 120 Å². The molecule has 0 unspecified atom stereocenters. The number of nitrogens with zero attached hydrogens (tertiary/aromatic N) is 2. The standard InChI is InChI=1S/C21H23FN2O4.CH2O2/c22-15-5-3-14(4-6-15)12-21(20(27)28)13-23(11-9-18(21)25)19(26)17-2-1-10-24(17)16-7-8-16;2-1-3/h1-6,10,16,18,25H,7-9,11-13H2,(H,27,28);1H,(H,2,3)/t18-,21+;/m0./s1. The first-order valence-corrected chi connectivity index (χ1v) is 10.0. The van der Waals surface area contributed by atoms with Crippen LogP contribution in [0.2, 0.25) is 0 Å². The van der Waals surface area contributed by atoms with Gasteiger partial charge in [-0.05, 0) is 55.5 Å². The molecule has 2 fully saturated rings. The molecule has 9 heteroatoms. The number of aliphatic hydroxyl groups is 1. The lowest BCUT2D eigenvalue weighted by molar-refractivity contribution is -0.161. The van der Waals surface area contributed by atoms with Gasteiger partial charge in [-0.3, -0.25) is 14.4 Å². The molecular formula is C22H25FN2O6. The number of carboxylic acid groups (broad SMARTS) is 2. The third-order valence-electron chi connectivity index (χ3n) is 5.87. The van der Waals surface area contributed by atoms with Crippen LogP contribution in [0, 0.1) is 11.2 Å². The number of halogens is 1. The Labute approximate surface area is 178 Å². The summed E-state index contributed by atoms with van der Waals surface area (Å²) in [6.45, 7) is -0.0378. The van der Waals surface area contributed by atoms with Crippen molar-refractivity contribution in [2.24, 2.45) is 5.41 Å². The zero-order valence-electron chi connectivity index (χ0n) is 16.9. The molecule has 4 rings (SSSR count). The van der Waals surface area contributed by atoms with Gasteiger partial charge in [0, 0.05) is 25.3 Å². The number of hydrogen-bond donors (Lipinski definition) is 3. The van der Waals surface area contributed by atoms with Gasteiger partial charge in [-0.2, -0.15) is 0 Å². The lowest BCUT2D eigenvalue weighted by Gasteiger charge is -2.43. The number of rotatable bonds is 5. The number of carbonyl (C=O) groups excluding carboxylic acids is 1. The lowest BCUT2D eigenvalue weighted by atomic mass is 9.72. The van der Waals surface area contributed by atoms with E-state index in [-0.39, 0.29) is 31.8 Å². The van der Waals surface area contributed by atoms with E-state index in [1.54, 1.807) is 6.07 Å². The number of carboxylic acids is 1. The Morgan fingerprint density at radius 2 is 1.81 bits per heavy atom. The van der Waals surface area contributed by atoms with Crippen LogP contribution in [0.4, 0.5) is 4.39 Å². The number of carbonyl (C=O) groups is 3. The average Bonchev–Trinajstić information content (AvgIpc) is 3.47. The molecule has 1 aliphatic carbocycles. The van der Waals surface area contributed by atoms with Gasteiger partial charge < -0.3 is 24.8 Å². The Bertz CT molecular complexity index is 940. The van der Waals surface area contributed by atoms with Gasteiger partial charge in [-0.15, -0.1) is 0 Å². The molecule has 2 heterocycles. The molecule has 1 aliphatic heterocycles. The third kappa shape index (κ3) is 4.77. The van der Waals surface area contributed by atoms with Crippen molar-refractivity contribution in [3.05, 3.63) is 59.7 Å². The van der Waals surface area contributed by atoms with Gasteiger partial charge in [0.05, 0.1) is 6.10 Å². The molecule has 1 aromatic carbocycles. The maximum Gasteiger partial charge on any atom is 0.314 e. The Kier molecular flexibility index (Phi) is 6.74. The first-order chi connectivity index (χ1) is 14.8. The largest absolute Gasteiger partial charge is 0.483 e. The Morgan fingerprint density at radius 3 is 2.39 bits per heavy atom. The smallest absolute Gasteiger partial charge is 0.314 e. The molecule has 166 valence electrons. The molecular weight excluding hydrogens is 407 g/mol. The van der Waals surface area contributed by atoms with Crippen LogP contribution in [0.15, 0.2) is 42.6 Å². The van der Waals surface area contributed by atoms with Crippen LogP contribution < -0.4 is 0 Å². The van der Waals surface area contributed by atoms with Crippen LogP contribution in [0.5, 0.6) is 0 Å².